The van der Waals surface area contributed by atoms with E-state index in [2.05, 4.69) is 18.7 Å². The van der Waals surface area contributed by atoms with Crippen LogP contribution in [0.4, 0.5) is 0 Å². The average molecular weight is 238 g/mol. The van der Waals surface area contributed by atoms with Crippen LogP contribution in [-0.2, 0) is 0 Å². The normalized spacial score (nSPS) is 34.1. The van der Waals surface area contributed by atoms with Gasteiger partial charge in [0.05, 0.1) is 0 Å². The summed E-state index contributed by atoms with van der Waals surface area (Å²) in [5.74, 6) is 0.800. The average Bonchev–Trinajstić information content (AvgIpc) is 2.71. The van der Waals surface area contributed by atoms with E-state index in [1.54, 1.807) is 0 Å². The Hall–Kier alpha value is -0.0800. The molecule has 100 valence electrons. The number of nitrogens with two attached hydrogens (primary N) is 1. The van der Waals surface area contributed by atoms with Gasteiger partial charge in [0.15, 0.2) is 0 Å². The van der Waals surface area contributed by atoms with Crippen molar-refractivity contribution in [2.45, 2.75) is 83.3 Å². The summed E-state index contributed by atoms with van der Waals surface area (Å²) in [4.78, 5) is 2.69. The Labute approximate surface area is 107 Å². The fraction of sp³-hybridized carbons (Fsp3) is 1.00. The van der Waals surface area contributed by atoms with Gasteiger partial charge >= 0.3 is 0 Å². The van der Waals surface area contributed by atoms with Crippen molar-refractivity contribution < 1.29 is 0 Å². The van der Waals surface area contributed by atoms with Gasteiger partial charge in [-0.25, -0.2) is 0 Å². The standard InChI is InChI=1S/C15H30N2/c1-3-14-10-9-12(2)17(14)11-15(16)13-7-5-4-6-8-13/h12-15H,3-11,16H2,1-2H3. The largest absolute Gasteiger partial charge is 0.326 e. The Morgan fingerprint density at radius 2 is 1.82 bits per heavy atom. The number of likely N-dealkylation sites (tertiary alicyclic amines) is 1. The van der Waals surface area contributed by atoms with Crippen molar-refractivity contribution in [2.75, 3.05) is 6.54 Å². The van der Waals surface area contributed by atoms with E-state index >= 15 is 0 Å². The highest BCUT2D eigenvalue weighted by Gasteiger charge is 2.32. The van der Waals surface area contributed by atoms with Gasteiger partial charge in [0, 0.05) is 24.7 Å². The Bertz CT molecular complexity index is 223. The van der Waals surface area contributed by atoms with Crippen molar-refractivity contribution in [1.82, 2.24) is 4.90 Å². The van der Waals surface area contributed by atoms with Crippen LogP contribution >= 0.6 is 0 Å². The topological polar surface area (TPSA) is 29.3 Å². The lowest BCUT2D eigenvalue weighted by Crippen LogP contribution is -2.46. The van der Waals surface area contributed by atoms with E-state index in [-0.39, 0.29) is 0 Å². The molecule has 1 heterocycles. The molecule has 0 radical (unpaired) electrons. The lowest BCUT2D eigenvalue weighted by atomic mass is 9.84. The second-order valence-electron chi connectivity index (χ2n) is 6.25. The highest BCUT2D eigenvalue weighted by atomic mass is 15.2. The number of hydrogen-bond acceptors (Lipinski definition) is 2. The van der Waals surface area contributed by atoms with Gasteiger partial charge in [-0.05, 0) is 44.9 Å². The zero-order valence-electron chi connectivity index (χ0n) is 11.7. The first-order valence-electron chi connectivity index (χ1n) is 7.73. The predicted octanol–water partition coefficient (Wildman–Crippen LogP) is 3.16. The molecule has 0 amide bonds. The maximum absolute atomic E-state index is 6.47. The second kappa shape index (κ2) is 6.19. The summed E-state index contributed by atoms with van der Waals surface area (Å²) in [5, 5.41) is 0. The molecule has 0 aromatic heterocycles. The minimum absolute atomic E-state index is 0.421. The van der Waals surface area contributed by atoms with Crippen molar-refractivity contribution in [2.24, 2.45) is 11.7 Å². The molecule has 1 saturated heterocycles. The van der Waals surface area contributed by atoms with Gasteiger partial charge in [-0.3, -0.25) is 4.90 Å². The molecule has 2 heteroatoms. The Balaban J connectivity index is 1.85. The summed E-state index contributed by atoms with van der Waals surface area (Å²) >= 11 is 0. The van der Waals surface area contributed by atoms with Gasteiger partial charge in [0.25, 0.3) is 0 Å². The monoisotopic (exact) mass is 238 g/mol. The zero-order valence-corrected chi connectivity index (χ0v) is 11.7. The first-order valence-corrected chi connectivity index (χ1v) is 7.73. The van der Waals surface area contributed by atoms with Gasteiger partial charge in [0.2, 0.25) is 0 Å². The second-order valence-corrected chi connectivity index (χ2v) is 6.25. The van der Waals surface area contributed by atoms with E-state index < -0.39 is 0 Å². The fourth-order valence-electron chi connectivity index (χ4n) is 3.85. The van der Waals surface area contributed by atoms with Gasteiger partial charge in [-0.15, -0.1) is 0 Å². The SMILES string of the molecule is CCC1CCC(C)N1CC(N)C1CCCCC1. The van der Waals surface area contributed by atoms with E-state index in [1.165, 1.54) is 51.4 Å². The van der Waals surface area contributed by atoms with Crippen LogP contribution < -0.4 is 5.73 Å². The molecular weight excluding hydrogens is 208 g/mol. The number of hydrogen-bond donors (Lipinski definition) is 1. The van der Waals surface area contributed by atoms with Crippen LogP contribution in [0.5, 0.6) is 0 Å². The summed E-state index contributed by atoms with van der Waals surface area (Å²) in [5.41, 5.74) is 6.47. The molecule has 2 nitrogen and oxygen atoms in total. The van der Waals surface area contributed by atoms with Crippen molar-refractivity contribution in [1.29, 1.82) is 0 Å². The van der Waals surface area contributed by atoms with Crippen LogP contribution in [0.3, 0.4) is 0 Å². The van der Waals surface area contributed by atoms with Gasteiger partial charge in [-0.2, -0.15) is 0 Å². The smallest absolute Gasteiger partial charge is 0.0196 e. The van der Waals surface area contributed by atoms with Gasteiger partial charge in [-0.1, -0.05) is 26.2 Å². The van der Waals surface area contributed by atoms with E-state index in [1.807, 2.05) is 0 Å². The van der Waals surface area contributed by atoms with E-state index in [4.69, 9.17) is 5.73 Å². The third kappa shape index (κ3) is 3.23. The molecule has 1 aliphatic heterocycles. The molecule has 0 spiro atoms. The highest BCUT2D eigenvalue weighted by Crippen LogP contribution is 2.30. The lowest BCUT2D eigenvalue weighted by molar-refractivity contribution is 0.157. The van der Waals surface area contributed by atoms with Crippen molar-refractivity contribution in [3.63, 3.8) is 0 Å². The van der Waals surface area contributed by atoms with Crippen LogP contribution in [0.1, 0.15) is 65.2 Å². The first-order chi connectivity index (χ1) is 8.22. The quantitative estimate of drug-likeness (QED) is 0.815. The molecule has 1 aliphatic carbocycles. The van der Waals surface area contributed by atoms with Crippen LogP contribution in [0.15, 0.2) is 0 Å². The van der Waals surface area contributed by atoms with E-state index in [0.29, 0.717) is 6.04 Å². The summed E-state index contributed by atoms with van der Waals surface area (Å²) in [6, 6.07) is 1.99. The molecule has 2 aliphatic rings. The maximum atomic E-state index is 6.47. The number of nitrogens with zero attached hydrogens (tertiary/aromatic N) is 1. The molecule has 0 aromatic rings. The highest BCUT2D eigenvalue weighted by molar-refractivity contribution is 4.88. The predicted molar refractivity (Wildman–Crippen MR) is 74.0 cm³/mol. The van der Waals surface area contributed by atoms with Crippen LogP contribution in [-0.4, -0.2) is 29.6 Å². The van der Waals surface area contributed by atoms with Crippen LogP contribution in [0.25, 0.3) is 0 Å². The maximum Gasteiger partial charge on any atom is 0.0196 e. The van der Waals surface area contributed by atoms with Crippen LogP contribution in [0, 0.1) is 5.92 Å². The minimum Gasteiger partial charge on any atom is -0.326 e. The minimum atomic E-state index is 0.421. The Morgan fingerprint density at radius 1 is 1.12 bits per heavy atom. The van der Waals surface area contributed by atoms with E-state index in [9.17, 15) is 0 Å². The molecule has 17 heavy (non-hydrogen) atoms. The molecule has 0 aromatic carbocycles. The summed E-state index contributed by atoms with van der Waals surface area (Å²) < 4.78 is 0. The number of rotatable bonds is 4. The molecule has 2 rings (SSSR count). The molecule has 1 saturated carbocycles. The lowest BCUT2D eigenvalue weighted by Gasteiger charge is -2.35. The van der Waals surface area contributed by atoms with Crippen molar-refractivity contribution in [3.05, 3.63) is 0 Å². The fourth-order valence-corrected chi connectivity index (χ4v) is 3.85. The summed E-state index contributed by atoms with van der Waals surface area (Å²) in [6.07, 6.45) is 11.0. The molecule has 3 unspecified atom stereocenters. The molecule has 0 bridgehead atoms. The molecule has 2 fully saturated rings. The molecular formula is C15H30N2. The summed E-state index contributed by atoms with van der Waals surface area (Å²) in [7, 11) is 0. The zero-order chi connectivity index (χ0) is 12.3. The Morgan fingerprint density at radius 3 is 2.47 bits per heavy atom. The van der Waals surface area contributed by atoms with Gasteiger partial charge in [0.1, 0.15) is 0 Å². The third-order valence-corrected chi connectivity index (χ3v) is 5.10. The van der Waals surface area contributed by atoms with Gasteiger partial charge < -0.3 is 5.73 Å². The van der Waals surface area contributed by atoms with Crippen molar-refractivity contribution >= 4 is 0 Å². The third-order valence-electron chi connectivity index (χ3n) is 5.10. The van der Waals surface area contributed by atoms with Crippen LogP contribution in [0.2, 0.25) is 0 Å². The Kier molecular flexibility index (Phi) is 4.87. The molecule has 3 atom stereocenters. The first kappa shape index (κ1) is 13.4. The molecule has 2 N–H and O–H groups in total. The van der Waals surface area contributed by atoms with Crippen molar-refractivity contribution in [3.8, 4) is 0 Å². The van der Waals surface area contributed by atoms with E-state index in [0.717, 1.165) is 24.5 Å². The summed E-state index contributed by atoms with van der Waals surface area (Å²) in [6.45, 7) is 5.84.